The van der Waals surface area contributed by atoms with Crippen LogP contribution in [0.2, 0.25) is 0 Å². The number of anilines is 1. The first-order valence-electron chi connectivity index (χ1n) is 7.46. The van der Waals surface area contributed by atoms with Gasteiger partial charge >= 0.3 is 0 Å². The molecule has 0 aliphatic rings. The monoisotopic (exact) mass is 293 g/mol. The van der Waals surface area contributed by atoms with Crippen LogP contribution in [0.4, 0.5) is 5.69 Å². The molecule has 0 spiro atoms. The van der Waals surface area contributed by atoms with Crippen molar-refractivity contribution in [2.75, 3.05) is 11.9 Å². The first-order valence-corrected chi connectivity index (χ1v) is 7.46. The quantitative estimate of drug-likeness (QED) is 0.691. The van der Waals surface area contributed by atoms with Crippen LogP contribution in [0.3, 0.4) is 0 Å². The molecule has 0 aliphatic heterocycles. The number of hydrogen-bond donors (Lipinski definition) is 1. The van der Waals surface area contributed by atoms with Crippen LogP contribution in [0.5, 0.6) is 0 Å². The number of carbonyl (C=O) groups excluding carboxylic acids is 1. The van der Waals surface area contributed by atoms with Crippen LogP contribution in [0, 0.1) is 13.8 Å². The van der Waals surface area contributed by atoms with Crippen molar-refractivity contribution in [3.8, 4) is 0 Å². The van der Waals surface area contributed by atoms with E-state index in [2.05, 4.69) is 37.4 Å². The molecule has 1 heterocycles. The molecule has 1 N–H and O–H groups in total. The Bertz CT molecular complexity index is 764. The highest BCUT2D eigenvalue weighted by molar-refractivity contribution is 5.97. The van der Waals surface area contributed by atoms with Crippen molar-refractivity contribution in [2.24, 2.45) is 0 Å². The highest BCUT2D eigenvalue weighted by Crippen LogP contribution is 2.20. The Morgan fingerprint density at radius 3 is 2.50 bits per heavy atom. The SMILES string of the molecule is Cc1cc(C)cc(NCCC(=O)c2cc3ccccc3o2)c1. The second-order valence-electron chi connectivity index (χ2n) is 5.62. The van der Waals surface area contributed by atoms with Crippen LogP contribution >= 0.6 is 0 Å². The lowest BCUT2D eigenvalue weighted by molar-refractivity contribution is 0.0962. The molecule has 0 saturated carbocycles. The summed E-state index contributed by atoms with van der Waals surface area (Å²) in [6.45, 7) is 4.73. The number of hydrogen-bond acceptors (Lipinski definition) is 3. The molecule has 3 nitrogen and oxygen atoms in total. The van der Waals surface area contributed by atoms with Gasteiger partial charge in [0.2, 0.25) is 0 Å². The van der Waals surface area contributed by atoms with Gasteiger partial charge in [0.25, 0.3) is 0 Å². The van der Waals surface area contributed by atoms with E-state index < -0.39 is 0 Å². The Hall–Kier alpha value is -2.55. The molecule has 1 aromatic heterocycles. The lowest BCUT2D eigenvalue weighted by Gasteiger charge is -2.07. The van der Waals surface area contributed by atoms with Crippen LogP contribution in [0.15, 0.2) is 52.9 Å². The van der Waals surface area contributed by atoms with Crippen molar-refractivity contribution in [2.45, 2.75) is 20.3 Å². The van der Waals surface area contributed by atoms with Gasteiger partial charge in [0, 0.05) is 24.0 Å². The van der Waals surface area contributed by atoms with Crippen LogP contribution in [0.1, 0.15) is 28.1 Å². The molecule has 0 amide bonds. The van der Waals surface area contributed by atoms with Gasteiger partial charge < -0.3 is 9.73 Å². The lowest BCUT2D eigenvalue weighted by Crippen LogP contribution is -2.08. The van der Waals surface area contributed by atoms with E-state index in [1.54, 1.807) is 0 Å². The molecule has 0 fully saturated rings. The minimum atomic E-state index is 0.0214. The number of carbonyl (C=O) groups is 1. The number of nitrogens with one attached hydrogen (secondary N) is 1. The summed E-state index contributed by atoms with van der Waals surface area (Å²) in [5.74, 6) is 0.455. The number of para-hydroxylation sites is 1. The zero-order valence-corrected chi connectivity index (χ0v) is 12.8. The van der Waals surface area contributed by atoms with E-state index in [4.69, 9.17) is 4.42 Å². The normalized spacial score (nSPS) is 10.8. The van der Waals surface area contributed by atoms with Crippen LogP contribution in [0.25, 0.3) is 11.0 Å². The Kier molecular flexibility index (Phi) is 3.96. The van der Waals surface area contributed by atoms with Gasteiger partial charge in [-0.3, -0.25) is 4.79 Å². The largest absolute Gasteiger partial charge is 0.453 e. The number of benzene rings is 2. The lowest BCUT2D eigenvalue weighted by atomic mass is 10.1. The Labute approximate surface area is 130 Å². The summed E-state index contributed by atoms with van der Waals surface area (Å²) >= 11 is 0. The molecule has 3 heteroatoms. The molecule has 0 radical (unpaired) electrons. The summed E-state index contributed by atoms with van der Waals surface area (Å²) < 4.78 is 5.59. The smallest absolute Gasteiger partial charge is 0.199 e. The molecule has 0 bridgehead atoms. The van der Waals surface area contributed by atoms with Gasteiger partial charge in [-0.15, -0.1) is 0 Å². The van der Waals surface area contributed by atoms with E-state index in [1.807, 2.05) is 30.3 Å². The number of aryl methyl sites for hydroxylation is 2. The van der Waals surface area contributed by atoms with E-state index in [0.29, 0.717) is 18.7 Å². The molecule has 22 heavy (non-hydrogen) atoms. The average Bonchev–Trinajstić information content (AvgIpc) is 2.90. The fraction of sp³-hybridized carbons (Fsp3) is 0.211. The predicted molar refractivity (Wildman–Crippen MR) is 89.6 cm³/mol. The third-order valence-electron chi connectivity index (χ3n) is 3.60. The summed E-state index contributed by atoms with van der Waals surface area (Å²) in [6, 6.07) is 15.8. The predicted octanol–water partition coefficient (Wildman–Crippen LogP) is 4.73. The number of furan rings is 1. The van der Waals surface area contributed by atoms with Crippen molar-refractivity contribution in [1.82, 2.24) is 0 Å². The number of rotatable bonds is 5. The second kappa shape index (κ2) is 6.06. The van der Waals surface area contributed by atoms with Crippen molar-refractivity contribution >= 4 is 22.4 Å². The summed E-state index contributed by atoms with van der Waals surface area (Å²) in [7, 11) is 0. The van der Waals surface area contributed by atoms with Gasteiger partial charge in [-0.05, 0) is 49.2 Å². The van der Waals surface area contributed by atoms with E-state index in [9.17, 15) is 4.79 Å². The molecule has 2 aromatic carbocycles. The van der Waals surface area contributed by atoms with E-state index in [1.165, 1.54) is 11.1 Å². The van der Waals surface area contributed by atoms with Crippen molar-refractivity contribution in [3.63, 3.8) is 0 Å². The summed E-state index contributed by atoms with van der Waals surface area (Å²) in [5.41, 5.74) is 4.24. The average molecular weight is 293 g/mol. The van der Waals surface area contributed by atoms with Crippen molar-refractivity contribution in [3.05, 3.63) is 65.4 Å². The van der Waals surface area contributed by atoms with Gasteiger partial charge in [-0.2, -0.15) is 0 Å². The zero-order valence-electron chi connectivity index (χ0n) is 12.8. The van der Waals surface area contributed by atoms with Crippen molar-refractivity contribution < 1.29 is 9.21 Å². The van der Waals surface area contributed by atoms with Gasteiger partial charge in [0.1, 0.15) is 5.58 Å². The van der Waals surface area contributed by atoms with Gasteiger partial charge in [0.05, 0.1) is 0 Å². The maximum atomic E-state index is 12.2. The first-order chi connectivity index (χ1) is 10.6. The Morgan fingerprint density at radius 1 is 1.05 bits per heavy atom. The molecular formula is C19H19NO2. The molecule has 0 aliphatic carbocycles. The second-order valence-corrected chi connectivity index (χ2v) is 5.62. The van der Waals surface area contributed by atoms with Gasteiger partial charge in [-0.1, -0.05) is 24.3 Å². The molecule has 0 saturated heterocycles. The standard InChI is InChI=1S/C19H19NO2/c1-13-9-14(2)11-16(10-13)20-8-7-17(21)19-12-15-5-3-4-6-18(15)22-19/h3-6,9-12,20H,7-8H2,1-2H3. The fourth-order valence-corrected chi connectivity index (χ4v) is 2.64. The maximum Gasteiger partial charge on any atom is 0.199 e. The van der Waals surface area contributed by atoms with Crippen LogP contribution < -0.4 is 5.32 Å². The van der Waals surface area contributed by atoms with Crippen molar-refractivity contribution in [1.29, 1.82) is 0 Å². The van der Waals surface area contributed by atoms with Gasteiger partial charge in [-0.25, -0.2) is 0 Å². The number of fused-ring (bicyclic) bond motifs is 1. The van der Waals surface area contributed by atoms with Crippen LogP contribution in [-0.2, 0) is 0 Å². The number of Topliss-reactive ketones (excluding diaryl/α,β-unsaturated/α-hetero) is 1. The number of ketones is 1. The summed E-state index contributed by atoms with van der Waals surface area (Å²) in [4.78, 5) is 12.2. The highest BCUT2D eigenvalue weighted by atomic mass is 16.3. The maximum absolute atomic E-state index is 12.2. The molecule has 3 aromatic rings. The molecular weight excluding hydrogens is 274 g/mol. The minimum absolute atomic E-state index is 0.0214. The minimum Gasteiger partial charge on any atom is -0.453 e. The zero-order chi connectivity index (χ0) is 15.5. The molecule has 3 rings (SSSR count). The summed E-state index contributed by atoms with van der Waals surface area (Å²) in [6.07, 6.45) is 0.410. The fourth-order valence-electron chi connectivity index (χ4n) is 2.64. The molecule has 0 unspecified atom stereocenters. The van der Waals surface area contributed by atoms with E-state index in [-0.39, 0.29) is 5.78 Å². The Morgan fingerprint density at radius 2 is 1.77 bits per heavy atom. The molecule has 112 valence electrons. The van der Waals surface area contributed by atoms with E-state index >= 15 is 0 Å². The molecule has 0 atom stereocenters. The topological polar surface area (TPSA) is 42.2 Å². The highest BCUT2D eigenvalue weighted by Gasteiger charge is 2.11. The summed E-state index contributed by atoms with van der Waals surface area (Å²) in [5, 5.41) is 4.26. The third-order valence-corrected chi connectivity index (χ3v) is 3.60. The third kappa shape index (κ3) is 3.19. The van der Waals surface area contributed by atoms with E-state index in [0.717, 1.165) is 16.7 Å². The van der Waals surface area contributed by atoms with Crippen LogP contribution in [-0.4, -0.2) is 12.3 Å². The van der Waals surface area contributed by atoms with Gasteiger partial charge in [0.15, 0.2) is 11.5 Å². The first kappa shape index (κ1) is 14.4. The Balaban J connectivity index is 1.62.